The lowest BCUT2D eigenvalue weighted by molar-refractivity contribution is -0.198. The highest BCUT2D eigenvalue weighted by Crippen LogP contribution is 2.28. The molecular formula is C17H32FN3O4. The van der Waals surface area contributed by atoms with Crippen LogP contribution in [0.2, 0.25) is 0 Å². The third-order valence-corrected chi connectivity index (χ3v) is 5.20. The van der Waals surface area contributed by atoms with Gasteiger partial charge in [-0.25, -0.2) is 4.39 Å². The van der Waals surface area contributed by atoms with E-state index in [2.05, 4.69) is 22.9 Å². The van der Waals surface area contributed by atoms with E-state index in [-0.39, 0.29) is 36.1 Å². The van der Waals surface area contributed by atoms with Gasteiger partial charge in [0.05, 0.1) is 36.6 Å². The molecule has 0 aromatic heterocycles. The summed E-state index contributed by atoms with van der Waals surface area (Å²) in [6, 6.07) is 0. The first-order chi connectivity index (χ1) is 12.1. The molecule has 0 aromatic carbocycles. The number of hydrogen-bond donors (Lipinski definition) is 3. The van der Waals surface area contributed by atoms with Crippen molar-refractivity contribution in [3.63, 3.8) is 0 Å². The van der Waals surface area contributed by atoms with Crippen molar-refractivity contribution in [3.05, 3.63) is 0 Å². The molecule has 3 heterocycles. The highest BCUT2D eigenvalue weighted by molar-refractivity contribution is 4.94. The summed E-state index contributed by atoms with van der Waals surface area (Å²) >= 11 is 0. The Bertz CT molecular complexity index is 413. The fraction of sp³-hybridized carbons (Fsp3) is 1.00. The summed E-state index contributed by atoms with van der Waals surface area (Å²) in [5.41, 5.74) is -0.383. The van der Waals surface area contributed by atoms with Gasteiger partial charge in [-0.2, -0.15) is 0 Å². The molecule has 6 atom stereocenters. The zero-order chi connectivity index (χ0) is 17.7. The van der Waals surface area contributed by atoms with Crippen LogP contribution in [-0.4, -0.2) is 95.8 Å². The number of nitrogens with one attached hydrogen (secondary N) is 3. The van der Waals surface area contributed by atoms with E-state index in [0.29, 0.717) is 19.6 Å². The molecule has 6 unspecified atom stereocenters. The standard InChI is InChI=1S/C17H32FN3O4/c1-17(5-12-7-20-8-13(6-18)24-12)11-21-10-15(25-17)16(22-2)14-9-19-3-4-23-14/h12-16,19-21H,3-11H2,1-2H3. The maximum absolute atomic E-state index is 12.9. The quantitative estimate of drug-likeness (QED) is 0.586. The third-order valence-electron chi connectivity index (χ3n) is 5.20. The van der Waals surface area contributed by atoms with Gasteiger partial charge in [0, 0.05) is 52.8 Å². The molecule has 7 nitrogen and oxygen atoms in total. The number of halogens is 1. The number of methoxy groups -OCH3 is 1. The summed E-state index contributed by atoms with van der Waals surface area (Å²) in [5.74, 6) is 0. The lowest BCUT2D eigenvalue weighted by Gasteiger charge is -2.45. The average molecular weight is 361 g/mol. The van der Waals surface area contributed by atoms with E-state index < -0.39 is 6.67 Å². The topological polar surface area (TPSA) is 73.0 Å². The highest BCUT2D eigenvalue weighted by atomic mass is 19.1. The molecule has 25 heavy (non-hydrogen) atoms. The summed E-state index contributed by atoms with van der Waals surface area (Å²) in [5, 5.41) is 10.1. The van der Waals surface area contributed by atoms with Gasteiger partial charge in [0.25, 0.3) is 0 Å². The van der Waals surface area contributed by atoms with E-state index in [4.69, 9.17) is 18.9 Å². The van der Waals surface area contributed by atoms with Crippen molar-refractivity contribution in [2.45, 2.75) is 49.5 Å². The van der Waals surface area contributed by atoms with Crippen LogP contribution in [0.15, 0.2) is 0 Å². The monoisotopic (exact) mass is 361 g/mol. The molecule has 8 heteroatoms. The van der Waals surface area contributed by atoms with Crippen molar-refractivity contribution < 1.29 is 23.3 Å². The Kier molecular flexibility index (Phi) is 7.01. The Morgan fingerprint density at radius 3 is 2.64 bits per heavy atom. The third kappa shape index (κ3) is 5.09. The summed E-state index contributed by atoms with van der Waals surface area (Å²) in [6.07, 6.45) is 0.0551. The molecule has 0 bridgehead atoms. The maximum atomic E-state index is 12.9. The molecule has 3 fully saturated rings. The molecule has 0 amide bonds. The minimum atomic E-state index is -0.459. The Balaban J connectivity index is 1.58. The SMILES string of the molecule is COC(C1CNCCO1)C1CNCC(C)(CC2CNCC(CF)O2)O1. The van der Waals surface area contributed by atoms with Crippen LogP contribution >= 0.6 is 0 Å². The number of morpholine rings is 3. The molecule has 0 radical (unpaired) electrons. The van der Waals surface area contributed by atoms with Gasteiger partial charge < -0.3 is 34.9 Å². The molecular weight excluding hydrogens is 329 g/mol. The maximum Gasteiger partial charge on any atom is 0.117 e. The largest absolute Gasteiger partial charge is 0.376 e. The number of alkyl halides is 1. The van der Waals surface area contributed by atoms with Gasteiger partial charge in [0.2, 0.25) is 0 Å². The summed E-state index contributed by atoms with van der Waals surface area (Å²) < 4.78 is 36.8. The van der Waals surface area contributed by atoms with Gasteiger partial charge in [-0.15, -0.1) is 0 Å². The van der Waals surface area contributed by atoms with Gasteiger partial charge in [-0.1, -0.05) is 0 Å². The summed E-state index contributed by atoms with van der Waals surface area (Å²) in [6.45, 7) is 6.72. The van der Waals surface area contributed by atoms with Gasteiger partial charge in [0.1, 0.15) is 12.8 Å². The van der Waals surface area contributed by atoms with Crippen molar-refractivity contribution in [1.29, 1.82) is 0 Å². The normalized spacial score (nSPS) is 41.4. The second-order valence-electron chi connectivity index (χ2n) is 7.45. The zero-order valence-corrected chi connectivity index (χ0v) is 15.3. The molecule has 0 saturated carbocycles. The van der Waals surface area contributed by atoms with E-state index in [0.717, 1.165) is 32.7 Å². The first kappa shape index (κ1) is 19.4. The molecule has 146 valence electrons. The van der Waals surface area contributed by atoms with Crippen molar-refractivity contribution in [3.8, 4) is 0 Å². The summed E-state index contributed by atoms with van der Waals surface area (Å²) in [4.78, 5) is 0. The van der Waals surface area contributed by atoms with Crippen molar-refractivity contribution >= 4 is 0 Å². The lowest BCUT2D eigenvalue weighted by Crippen LogP contribution is -2.61. The predicted octanol–water partition coefficient (Wildman–Crippen LogP) is -0.546. The van der Waals surface area contributed by atoms with Crippen LogP contribution < -0.4 is 16.0 Å². The van der Waals surface area contributed by atoms with Gasteiger partial charge in [0.15, 0.2) is 0 Å². The van der Waals surface area contributed by atoms with Crippen LogP contribution in [-0.2, 0) is 18.9 Å². The van der Waals surface area contributed by atoms with Gasteiger partial charge in [-0.05, 0) is 6.92 Å². The summed E-state index contributed by atoms with van der Waals surface area (Å²) in [7, 11) is 1.71. The van der Waals surface area contributed by atoms with Crippen LogP contribution in [0.3, 0.4) is 0 Å². The zero-order valence-electron chi connectivity index (χ0n) is 15.3. The molecule has 3 aliphatic heterocycles. The fourth-order valence-corrected chi connectivity index (χ4v) is 4.04. The smallest absolute Gasteiger partial charge is 0.117 e. The van der Waals surface area contributed by atoms with Gasteiger partial charge >= 0.3 is 0 Å². The molecule has 3 N–H and O–H groups in total. The van der Waals surface area contributed by atoms with E-state index in [1.165, 1.54) is 0 Å². The molecule has 3 saturated heterocycles. The fourth-order valence-electron chi connectivity index (χ4n) is 4.04. The van der Waals surface area contributed by atoms with Crippen LogP contribution in [0.1, 0.15) is 13.3 Å². The minimum absolute atomic E-state index is 0.0172. The van der Waals surface area contributed by atoms with E-state index in [1.807, 2.05) is 0 Å². The van der Waals surface area contributed by atoms with E-state index in [9.17, 15) is 4.39 Å². The Hall–Kier alpha value is -0.350. The number of rotatable bonds is 6. The average Bonchev–Trinajstić information content (AvgIpc) is 2.63. The van der Waals surface area contributed by atoms with Crippen molar-refractivity contribution in [2.24, 2.45) is 0 Å². The first-order valence-electron chi connectivity index (χ1n) is 9.29. The van der Waals surface area contributed by atoms with Crippen molar-refractivity contribution in [1.82, 2.24) is 16.0 Å². The molecule has 0 spiro atoms. The van der Waals surface area contributed by atoms with E-state index >= 15 is 0 Å². The van der Waals surface area contributed by atoms with Crippen LogP contribution in [0.5, 0.6) is 0 Å². The molecule has 0 aliphatic carbocycles. The van der Waals surface area contributed by atoms with E-state index in [1.54, 1.807) is 7.11 Å². The predicted molar refractivity (Wildman–Crippen MR) is 91.7 cm³/mol. The molecule has 3 rings (SSSR count). The Morgan fingerprint density at radius 2 is 1.92 bits per heavy atom. The number of hydrogen-bond acceptors (Lipinski definition) is 7. The van der Waals surface area contributed by atoms with Crippen LogP contribution in [0.25, 0.3) is 0 Å². The molecule has 3 aliphatic rings. The minimum Gasteiger partial charge on any atom is -0.376 e. The lowest BCUT2D eigenvalue weighted by atomic mass is 9.93. The molecule has 0 aromatic rings. The highest BCUT2D eigenvalue weighted by Gasteiger charge is 2.42. The van der Waals surface area contributed by atoms with Crippen LogP contribution in [0, 0.1) is 0 Å². The van der Waals surface area contributed by atoms with Crippen molar-refractivity contribution in [2.75, 3.05) is 59.7 Å². The second-order valence-corrected chi connectivity index (χ2v) is 7.45. The van der Waals surface area contributed by atoms with Gasteiger partial charge in [-0.3, -0.25) is 0 Å². The Labute approximate surface area is 149 Å². The Morgan fingerprint density at radius 1 is 1.12 bits per heavy atom. The van der Waals surface area contributed by atoms with Crippen LogP contribution in [0.4, 0.5) is 4.39 Å². The second kappa shape index (κ2) is 9.03. The number of ether oxygens (including phenoxy) is 4. The first-order valence-corrected chi connectivity index (χ1v) is 9.29.